The predicted octanol–water partition coefficient (Wildman–Crippen LogP) is 2.36. The zero-order valence-electron chi connectivity index (χ0n) is 5.38. The van der Waals surface area contributed by atoms with Crippen LogP contribution in [0.1, 0.15) is 11.7 Å². The smallest absolute Gasteiger partial charge is 0.106 e. The molecule has 0 bridgehead atoms. The Hall–Kier alpha value is -0.0900. The van der Waals surface area contributed by atoms with Crippen LogP contribution >= 0.6 is 22.6 Å². The van der Waals surface area contributed by atoms with Crippen LogP contribution in [0.4, 0.5) is 0 Å². The first kappa shape index (κ1) is 6.61. The average Bonchev–Trinajstić information content (AvgIpc) is 2.68. The fraction of sp³-hybridized carbons (Fsp3) is 0.250. The largest absolute Gasteiger partial charge is 0.368 e. The summed E-state index contributed by atoms with van der Waals surface area (Å²) in [5.74, 6) is 0. The third kappa shape index (κ3) is 1.32. The minimum absolute atomic E-state index is 0.398. The van der Waals surface area contributed by atoms with Crippen LogP contribution in [0, 0.1) is 3.57 Å². The van der Waals surface area contributed by atoms with Crippen molar-refractivity contribution in [1.29, 1.82) is 0 Å². The molecular weight excluding hydrogens is 239 g/mol. The van der Waals surface area contributed by atoms with E-state index in [1.165, 1.54) is 9.13 Å². The maximum absolute atomic E-state index is 5.15. The van der Waals surface area contributed by atoms with Crippen molar-refractivity contribution < 1.29 is 4.74 Å². The highest BCUT2D eigenvalue weighted by molar-refractivity contribution is 14.1. The molecule has 0 radical (unpaired) electrons. The van der Waals surface area contributed by atoms with Crippen molar-refractivity contribution in [3.05, 3.63) is 33.4 Å². The first-order valence-electron chi connectivity index (χ1n) is 3.23. The summed E-state index contributed by atoms with van der Waals surface area (Å²) in [4.78, 5) is 0. The zero-order valence-corrected chi connectivity index (χ0v) is 7.54. The minimum atomic E-state index is 0.398. The number of benzene rings is 1. The van der Waals surface area contributed by atoms with E-state index in [0.29, 0.717) is 6.10 Å². The molecule has 1 heterocycles. The van der Waals surface area contributed by atoms with E-state index in [0.717, 1.165) is 6.61 Å². The van der Waals surface area contributed by atoms with Gasteiger partial charge >= 0.3 is 0 Å². The second-order valence-corrected chi connectivity index (χ2v) is 3.62. The van der Waals surface area contributed by atoms with Gasteiger partial charge in [-0.3, -0.25) is 0 Å². The van der Waals surface area contributed by atoms with Crippen molar-refractivity contribution in [3.8, 4) is 0 Å². The first-order valence-corrected chi connectivity index (χ1v) is 4.31. The van der Waals surface area contributed by atoms with Gasteiger partial charge in [-0.15, -0.1) is 0 Å². The minimum Gasteiger partial charge on any atom is -0.368 e. The van der Waals surface area contributed by atoms with Gasteiger partial charge in [-0.25, -0.2) is 0 Å². The zero-order chi connectivity index (χ0) is 6.97. The standard InChI is InChI=1S/C8H7IO/c9-7-3-1-2-6(4-7)8-5-10-8/h1-4,8H,5H2/t8-/m0/s1. The van der Waals surface area contributed by atoms with Gasteiger partial charge in [0.25, 0.3) is 0 Å². The fourth-order valence-electron chi connectivity index (χ4n) is 0.947. The third-order valence-electron chi connectivity index (χ3n) is 1.55. The molecule has 0 aromatic heterocycles. The number of halogens is 1. The fourth-order valence-corrected chi connectivity index (χ4v) is 1.51. The monoisotopic (exact) mass is 246 g/mol. The maximum atomic E-state index is 5.15. The van der Waals surface area contributed by atoms with Crippen molar-refractivity contribution in [2.24, 2.45) is 0 Å². The summed E-state index contributed by atoms with van der Waals surface area (Å²) in [6.07, 6.45) is 0.398. The predicted molar refractivity (Wildman–Crippen MR) is 47.9 cm³/mol. The highest BCUT2D eigenvalue weighted by Crippen LogP contribution is 2.29. The molecule has 52 valence electrons. The lowest BCUT2D eigenvalue weighted by molar-refractivity contribution is 0.415. The van der Waals surface area contributed by atoms with E-state index in [1.54, 1.807) is 0 Å². The van der Waals surface area contributed by atoms with E-state index in [4.69, 9.17) is 4.74 Å². The Bertz CT molecular complexity index is 243. The number of rotatable bonds is 1. The van der Waals surface area contributed by atoms with E-state index in [-0.39, 0.29) is 0 Å². The molecule has 0 aliphatic carbocycles. The van der Waals surface area contributed by atoms with E-state index < -0.39 is 0 Å². The molecule has 1 fully saturated rings. The van der Waals surface area contributed by atoms with Crippen LogP contribution in [0.25, 0.3) is 0 Å². The molecule has 1 atom stereocenters. The van der Waals surface area contributed by atoms with Gasteiger partial charge in [-0.2, -0.15) is 0 Å². The molecule has 1 nitrogen and oxygen atoms in total. The second kappa shape index (κ2) is 2.51. The quantitative estimate of drug-likeness (QED) is 0.547. The molecule has 0 spiro atoms. The third-order valence-corrected chi connectivity index (χ3v) is 2.22. The molecule has 1 saturated heterocycles. The molecule has 2 rings (SSSR count). The molecule has 10 heavy (non-hydrogen) atoms. The summed E-state index contributed by atoms with van der Waals surface area (Å²) in [6, 6.07) is 8.43. The Labute approximate surface area is 73.5 Å². The lowest BCUT2D eigenvalue weighted by atomic mass is 10.2. The molecule has 1 aliphatic rings. The van der Waals surface area contributed by atoms with Gasteiger partial charge in [-0.05, 0) is 40.3 Å². The van der Waals surface area contributed by atoms with Crippen molar-refractivity contribution in [2.45, 2.75) is 6.10 Å². The highest BCUT2D eigenvalue weighted by Gasteiger charge is 2.24. The molecular formula is C8H7IO. The molecule has 0 unspecified atom stereocenters. The Morgan fingerprint density at radius 3 is 2.90 bits per heavy atom. The SMILES string of the molecule is Ic1cccc([C@@H]2CO2)c1. The van der Waals surface area contributed by atoms with Gasteiger partial charge in [0, 0.05) is 3.57 Å². The summed E-state index contributed by atoms with van der Waals surface area (Å²) in [6.45, 7) is 0.903. The second-order valence-electron chi connectivity index (χ2n) is 2.38. The van der Waals surface area contributed by atoms with Crippen molar-refractivity contribution in [2.75, 3.05) is 6.61 Å². The number of ether oxygens (including phenoxy) is 1. The van der Waals surface area contributed by atoms with Crippen molar-refractivity contribution in [3.63, 3.8) is 0 Å². The summed E-state index contributed by atoms with van der Waals surface area (Å²) < 4.78 is 6.43. The summed E-state index contributed by atoms with van der Waals surface area (Å²) in [5.41, 5.74) is 1.31. The van der Waals surface area contributed by atoms with Crippen LogP contribution in [0.2, 0.25) is 0 Å². The lowest BCUT2D eigenvalue weighted by Gasteiger charge is -1.94. The molecule has 1 aliphatic heterocycles. The Morgan fingerprint density at radius 2 is 2.30 bits per heavy atom. The Balaban J connectivity index is 2.32. The number of hydrogen-bond donors (Lipinski definition) is 0. The molecule has 2 heteroatoms. The van der Waals surface area contributed by atoms with Gasteiger partial charge in [-0.1, -0.05) is 12.1 Å². The summed E-state index contributed by atoms with van der Waals surface area (Å²) in [7, 11) is 0. The van der Waals surface area contributed by atoms with Crippen molar-refractivity contribution in [1.82, 2.24) is 0 Å². The van der Waals surface area contributed by atoms with Crippen molar-refractivity contribution >= 4 is 22.6 Å². The molecule has 1 aromatic carbocycles. The topological polar surface area (TPSA) is 12.5 Å². The van der Waals surface area contributed by atoms with Crippen LogP contribution in [0.15, 0.2) is 24.3 Å². The van der Waals surface area contributed by atoms with Gasteiger partial charge in [0.1, 0.15) is 6.10 Å². The number of hydrogen-bond acceptors (Lipinski definition) is 1. The average molecular weight is 246 g/mol. The van der Waals surface area contributed by atoms with Crippen LogP contribution in [-0.4, -0.2) is 6.61 Å². The lowest BCUT2D eigenvalue weighted by Crippen LogP contribution is -1.79. The van der Waals surface area contributed by atoms with E-state index in [9.17, 15) is 0 Å². The van der Waals surface area contributed by atoms with Gasteiger partial charge in [0.05, 0.1) is 6.61 Å². The Morgan fingerprint density at radius 1 is 1.50 bits per heavy atom. The van der Waals surface area contributed by atoms with Gasteiger partial charge in [0.2, 0.25) is 0 Å². The molecule has 1 aromatic rings. The summed E-state index contributed by atoms with van der Waals surface area (Å²) >= 11 is 2.31. The maximum Gasteiger partial charge on any atom is 0.106 e. The molecule has 0 saturated carbocycles. The highest BCUT2D eigenvalue weighted by atomic mass is 127. The van der Waals surface area contributed by atoms with Gasteiger partial charge in [0.15, 0.2) is 0 Å². The summed E-state index contributed by atoms with van der Waals surface area (Å²) in [5, 5.41) is 0. The van der Waals surface area contributed by atoms with E-state index in [2.05, 4.69) is 46.9 Å². The van der Waals surface area contributed by atoms with Crippen LogP contribution in [0.5, 0.6) is 0 Å². The Kier molecular flexibility index (Phi) is 1.66. The first-order chi connectivity index (χ1) is 4.86. The number of epoxide rings is 1. The van der Waals surface area contributed by atoms with Crippen LogP contribution in [-0.2, 0) is 4.74 Å². The molecule has 0 amide bonds. The van der Waals surface area contributed by atoms with E-state index >= 15 is 0 Å². The van der Waals surface area contributed by atoms with Crippen LogP contribution in [0.3, 0.4) is 0 Å². The van der Waals surface area contributed by atoms with Gasteiger partial charge < -0.3 is 4.74 Å². The van der Waals surface area contributed by atoms with E-state index in [1.807, 2.05) is 0 Å². The normalized spacial score (nSPS) is 22.7. The van der Waals surface area contributed by atoms with Crippen LogP contribution < -0.4 is 0 Å². The molecule has 0 N–H and O–H groups in total.